The quantitative estimate of drug-likeness (QED) is 0.363. The molecule has 28 heavy (non-hydrogen) atoms. The summed E-state index contributed by atoms with van der Waals surface area (Å²) in [6.45, 7) is 0. The molecule has 0 spiro atoms. The van der Waals surface area contributed by atoms with Gasteiger partial charge in [0.1, 0.15) is 5.82 Å². The lowest BCUT2D eigenvalue weighted by molar-refractivity contribution is 0.101. The van der Waals surface area contributed by atoms with Crippen molar-refractivity contribution < 1.29 is 14.0 Å². The highest BCUT2D eigenvalue weighted by atomic mass is 35.5. The number of halogens is 3. The second-order valence-electron chi connectivity index (χ2n) is 5.82. The fourth-order valence-corrected chi connectivity index (χ4v) is 3.66. The molecule has 7 heteroatoms. The van der Waals surface area contributed by atoms with Gasteiger partial charge >= 0.3 is 0 Å². The fourth-order valence-electron chi connectivity index (χ4n) is 2.37. The summed E-state index contributed by atoms with van der Waals surface area (Å²) in [6.07, 6.45) is 0. The lowest BCUT2D eigenvalue weighted by Crippen LogP contribution is -2.12. The van der Waals surface area contributed by atoms with E-state index in [1.165, 1.54) is 42.1 Å². The third kappa shape index (κ3) is 5.35. The molecule has 0 heterocycles. The van der Waals surface area contributed by atoms with Crippen LogP contribution >= 0.6 is 35.0 Å². The highest BCUT2D eigenvalue weighted by Crippen LogP contribution is 2.24. The van der Waals surface area contributed by atoms with Crippen molar-refractivity contribution in [3.8, 4) is 0 Å². The molecular weight excluding hydrogens is 420 g/mol. The Balaban J connectivity index is 1.58. The fraction of sp³-hybridized carbons (Fsp3) is 0.0476. The first-order chi connectivity index (χ1) is 13.4. The Morgan fingerprint density at radius 3 is 2.25 bits per heavy atom. The van der Waals surface area contributed by atoms with Crippen molar-refractivity contribution in [1.82, 2.24) is 0 Å². The van der Waals surface area contributed by atoms with Gasteiger partial charge in [-0.15, -0.1) is 11.8 Å². The number of thioether (sulfide) groups is 1. The van der Waals surface area contributed by atoms with Gasteiger partial charge in [-0.1, -0.05) is 23.2 Å². The number of rotatable bonds is 6. The van der Waals surface area contributed by atoms with E-state index in [9.17, 15) is 14.0 Å². The maximum Gasteiger partial charge on any atom is 0.257 e. The van der Waals surface area contributed by atoms with Crippen LogP contribution in [-0.2, 0) is 0 Å². The molecule has 0 saturated heterocycles. The van der Waals surface area contributed by atoms with Gasteiger partial charge in [0, 0.05) is 21.2 Å². The molecule has 1 N–H and O–H groups in total. The topological polar surface area (TPSA) is 46.2 Å². The molecular formula is C21H14Cl2FNO2S. The summed E-state index contributed by atoms with van der Waals surface area (Å²) in [7, 11) is 0. The third-order valence-corrected chi connectivity index (χ3v) is 5.38. The number of Topliss-reactive ketones (excluding diaryl/α,β-unsaturated/α-hetero) is 1. The highest BCUT2D eigenvalue weighted by molar-refractivity contribution is 8.00. The molecule has 1 amide bonds. The second-order valence-corrected chi connectivity index (χ2v) is 7.71. The van der Waals surface area contributed by atoms with Crippen LogP contribution in [0.4, 0.5) is 10.1 Å². The van der Waals surface area contributed by atoms with Crippen molar-refractivity contribution in [1.29, 1.82) is 0 Å². The van der Waals surface area contributed by atoms with E-state index in [2.05, 4.69) is 5.32 Å². The Kier molecular flexibility index (Phi) is 6.73. The molecule has 3 rings (SSSR count). The van der Waals surface area contributed by atoms with Gasteiger partial charge in [0.25, 0.3) is 5.91 Å². The first kappa shape index (κ1) is 20.4. The van der Waals surface area contributed by atoms with E-state index < -0.39 is 0 Å². The van der Waals surface area contributed by atoms with E-state index >= 15 is 0 Å². The van der Waals surface area contributed by atoms with E-state index in [1.807, 2.05) is 12.1 Å². The van der Waals surface area contributed by atoms with Crippen molar-refractivity contribution in [2.45, 2.75) is 4.90 Å². The largest absolute Gasteiger partial charge is 0.322 e. The zero-order valence-electron chi connectivity index (χ0n) is 14.4. The van der Waals surface area contributed by atoms with Crippen molar-refractivity contribution in [2.75, 3.05) is 11.1 Å². The average Bonchev–Trinajstić information content (AvgIpc) is 2.67. The summed E-state index contributed by atoms with van der Waals surface area (Å²) < 4.78 is 12.9. The Hall–Kier alpha value is -2.34. The SMILES string of the molecule is O=C(CSc1ccc(NC(=O)c2ccc(Cl)cc2Cl)cc1)c1ccc(F)cc1. The minimum Gasteiger partial charge on any atom is -0.322 e. The van der Waals surface area contributed by atoms with E-state index in [0.29, 0.717) is 21.8 Å². The molecule has 0 bridgehead atoms. The zero-order chi connectivity index (χ0) is 20.1. The van der Waals surface area contributed by atoms with Crippen LogP contribution in [0.25, 0.3) is 0 Å². The molecule has 0 aromatic heterocycles. The van der Waals surface area contributed by atoms with Crippen LogP contribution < -0.4 is 5.32 Å². The molecule has 0 radical (unpaired) electrons. The molecule has 142 valence electrons. The molecule has 3 aromatic carbocycles. The van der Waals surface area contributed by atoms with E-state index in [4.69, 9.17) is 23.2 Å². The minimum absolute atomic E-state index is 0.0836. The number of carbonyl (C=O) groups excluding carboxylic acids is 2. The maximum absolute atomic E-state index is 12.9. The lowest BCUT2D eigenvalue weighted by atomic mass is 10.1. The standard InChI is InChI=1S/C21H14Cl2FNO2S/c22-14-3-10-18(19(23)11-14)21(27)25-16-6-8-17(9-7-16)28-12-20(26)13-1-4-15(24)5-2-13/h1-11H,12H2,(H,25,27). The van der Waals surface area contributed by atoms with Gasteiger partial charge in [0.15, 0.2) is 5.78 Å². The first-order valence-electron chi connectivity index (χ1n) is 8.20. The smallest absolute Gasteiger partial charge is 0.257 e. The van der Waals surface area contributed by atoms with Crippen molar-refractivity contribution in [2.24, 2.45) is 0 Å². The molecule has 0 aliphatic rings. The van der Waals surface area contributed by atoms with Gasteiger partial charge in [-0.25, -0.2) is 4.39 Å². The predicted molar refractivity (Wildman–Crippen MR) is 112 cm³/mol. The number of anilines is 1. The molecule has 3 nitrogen and oxygen atoms in total. The number of ketones is 1. The summed E-state index contributed by atoms with van der Waals surface area (Å²) in [5.74, 6) is -0.562. The van der Waals surface area contributed by atoms with Crippen LogP contribution in [0.15, 0.2) is 71.6 Å². The molecule has 0 aliphatic heterocycles. The predicted octanol–water partition coefficient (Wildman–Crippen LogP) is 6.36. The molecule has 0 aliphatic carbocycles. The first-order valence-corrected chi connectivity index (χ1v) is 9.94. The highest BCUT2D eigenvalue weighted by Gasteiger charge is 2.11. The summed E-state index contributed by atoms with van der Waals surface area (Å²) in [5.41, 5.74) is 1.40. The van der Waals surface area contributed by atoms with E-state index in [1.54, 1.807) is 24.3 Å². The monoisotopic (exact) mass is 433 g/mol. The van der Waals surface area contributed by atoms with Gasteiger partial charge < -0.3 is 5.32 Å². The number of benzene rings is 3. The lowest BCUT2D eigenvalue weighted by Gasteiger charge is -2.08. The summed E-state index contributed by atoms with van der Waals surface area (Å²) in [5, 5.41) is 3.49. The van der Waals surface area contributed by atoms with Crippen molar-refractivity contribution >= 4 is 52.3 Å². The van der Waals surface area contributed by atoms with Crippen molar-refractivity contribution in [3.05, 3.63) is 93.7 Å². The Bertz CT molecular complexity index is 1010. The van der Waals surface area contributed by atoms with Gasteiger partial charge in [0.05, 0.1) is 16.3 Å². The number of carbonyl (C=O) groups is 2. The third-order valence-electron chi connectivity index (χ3n) is 3.82. The Labute approximate surface area is 175 Å². The molecule has 3 aromatic rings. The number of nitrogens with one attached hydrogen (secondary N) is 1. The molecule has 0 atom stereocenters. The van der Waals surface area contributed by atoms with Crippen LogP contribution in [0, 0.1) is 5.82 Å². The summed E-state index contributed by atoms with van der Waals surface area (Å²) >= 11 is 13.2. The molecule has 0 unspecified atom stereocenters. The van der Waals surface area contributed by atoms with E-state index in [0.717, 1.165) is 4.90 Å². The van der Waals surface area contributed by atoms with Crippen LogP contribution in [0.1, 0.15) is 20.7 Å². The summed E-state index contributed by atoms with van der Waals surface area (Å²) in [4.78, 5) is 25.3. The van der Waals surface area contributed by atoms with Crippen LogP contribution in [-0.4, -0.2) is 17.4 Å². The van der Waals surface area contributed by atoms with Gasteiger partial charge in [-0.05, 0) is 66.7 Å². The van der Waals surface area contributed by atoms with Crippen LogP contribution in [0.2, 0.25) is 10.0 Å². The van der Waals surface area contributed by atoms with Gasteiger partial charge in [0.2, 0.25) is 0 Å². The minimum atomic E-state index is -0.373. The summed E-state index contributed by atoms with van der Waals surface area (Å²) in [6, 6.07) is 17.2. The average molecular weight is 434 g/mol. The number of amides is 1. The van der Waals surface area contributed by atoms with E-state index in [-0.39, 0.29) is 28.3 Å². The van der Waals surface area contributed by atoms with Crippen LogP contribution in [0.3, 0.4) is 0 Å². The Morgan fingerprint density at radius 1 is 0.929 bits per heavy atom. The number of hydrogen-bond acceptors (Lipinski definition) is 3. The molecule has 0 fully saturated rings. The number of hydrogen-bond donors (Lipinski definition) is 1. The zero-order valence-corrected chi connectivity index (χ0v) is 16.7. The second kappa shape index (κ2) is 9.24. The molecule has 0 saturated carbocycles. The van der Waals surface area contributed by atoms with Crippen LogP contribution in [0.5, 0.6) is 0 Å². The van der Waals surface area contributed by atoms with Gasteiger partial charge in [-0.2, -0.15) is 0 Å². The normalized spacial score (nSPS) is 10.5. The van der Waals surface area contributed by atoms with Gasteiger partial charge in [-0.3, -0.25) is 9.59 Å². The Morgan fingerprint density at radius 2 is 1.61 bits per heavy atom. The maximum atomic E-state index is 12.9. The van der Waals surface area contributed by atoms with Crippen molar-refractivity contribution in [3.63, 3.8) is 0 Å².